The Morgan fingerprint density at radius 3 is 2.94 bits per heavy atom. The highest BCUT2D eigenvalue weighted by Crippen LogP contribution is 2.11. The predicted molar refractivity (Wildman–Crippen MR) is 67.4 cm³/mol. The highest BCUT2D eigenvalue weighted by molar-refractivity contribution is 5.27. The first-order valence-electron chi connectivity index (χ1n) is 5.79. The van der Waals surface area contributed by atoms with E-state index in [2.05, 4.69) is 5.32 Å². The van der Waals surface area contributed by atoms with Crippen molar-refractivity contribution in [2.75, 3.05) is 33.4 Å². The van der Waals surface area contributed by atoms with Gasteiger partial charge in [0.1, 0.15) is 12.4 Å². The average molecular weight is 239 g/mol. The van der Waals surface area contributed by atoms with Gasteiger partial charge in [-0.3, -0.25) is 0 Å². The van der Waals surface area contributed by atoms with E-state index in [1.807, 2.05) is 31.2 Å². The molecule has 2 N–H and O–H groups in total. The molecule has 4 heteroatoms. The summed E-state index contributed by atoms with van der Waals surface area (Å²) in [7, 11) is 1.57. The minimum Gasteiger partial charge on any atom is -0.492 e. The largest absolute Gasteiger partial charge is 0.492 e. The zero-order chi connectivity index (χ0) is 12.5. The number of nitrogens with one attached hydrogen (secondary N) is 1. The van der Waals surface area contributed by atoms with Crippen LogP contribution in [-0.2, 0) is 4.74 Å². The monoisotopic (exact) mass is 239 g/mol. The Labute approximate surface area is 103 Å². The minimum atomic E-state index is -0.459. The van der Waals surface area contributed by atoms with Crippen LogP contribution in [0, 0.1) is 6.92 Å². The first-order valence-corrected chi connectivity index (χ1v) is 5.79. The molecule has 0 bridgehead atoms. The lowest BCUT2D eigenvalue weighted by Gasteiger charge is -2.11. The fourth-order valence-electron chi connectivity index (χ4n) is 1.47. The molecule has 0 aliphatic heterocycles. The number of rotatable bonds is 8. The van der Waals surface area contributed by atoms with Crippen LogP contribution in [-0.4, -0.2) is 44.6 Å². The summed E-state index contributed by atoms with van der Waals surface area (Å²) in [6, 6.07) is 7.94. The Balaban J connectivity index is 2.08. The molecule has 0 aliphatic rings. The summed E-state index contributed by atoms with van der Waals surface area (Å²) in [5.41, 5.74) is 1.19. The van der Waals surface area contributed by atoms with Crippen LogP contribution < -0.4 is 10.1 Å². The van der Waals surface area contributed by atoms with E-state index in [0.717, 1.165) is 5.75 Å². The molecular formula is C13H21NO3. The van der Waals surface area contributed by atoms with Crippen molar-refractivity contribution >= 4 is 0 Å². The van der Waals surface area contributed by atoms with Gasteiger partial charge in [-0.25, -0.2) is 0 Å². The van der Waals surface area contributed by atoms with Crippen LogP contribution in [0.1, 0.15) is 5.56 Å². The highest BCUT2D eigenvalue weighted by Gasteiger charge is 2.01. The van der Waals surface area contributed by atoms with Crippen molar-refractivity contribution in [3.63, 3.8) is 0 Å². The lowest BCUT2D eigenvalue weighted by molar-refractivity contribution is 0.0641. The SMILES string of the molecule is COCC(O)CNCCOc1cccc(C)c1. The number of aliphatic hydroxyl groups excluding tert-OH is 1. The summed E-state index contributed by atoms with van der Waals surface area (Å²) in [4.78, 5) is 0. The van der Waals surface area contributed by atoms with E-state index in [1.54, 1.807) is 7.11 Å². The van der Waals surface area contributed by atoms with Crippen LogP contribution in [0.5, 0.6) is 5.75 Å². The molecule has 96 valence electrons. The van der Waals surface area contributed by atoms with Crippen molar-refractivity contribution in [3.05, 3.63) is 29.8 Å². The van der Waals surface area contributed by atoms with Crippen LogP contribution in [0.15, 0.2) is 24.3 Å². The number of ether oxygens (including phenoxy) is 2. The molecule has 1 atom stereocenters. The fourth-order valence-corrected chi connectivity index (χ4v) is 1.47. The zero-order valence-electron chi connectivity index (χ0n) is 10.5. The van der Waals surface area contributed by atoms with Gasteiger partial charge in [0.2, 0.25) is 0 Å². The van der Waals surface area contributed by atoms with E-state index in [-0.39, 0.29) is 0 Å². The van der Waals surface area contributed by atoms with E-state index in [9.17, 15) is 5.11 Å². The molecule has 17 heavy (non-hydrogen) atoms. The molecular weight excluding hydrogens is 218 g/mol. The Morgan fingerprint density at radius 2 is 2.24 bits per heavy atom. The van der Waals surface area contributed by atoms with Crippen molar-refractivity contribution in [3.8, 4) is 5.75 Å². The summed E-state index contributed by atoms with van der Waals surface area (Å²) in [6.45, 7) is 4.20. The number of benzene rings is 1. The van der Waals surface area contributed by atoms with Crippen molar-refractivity contribution in [1.82, 2.24) is 5.32 Å². The van der Waals surface area contributed by atoms with E-state index in [4.69, 9.17) is 9.47 Å². The lowest BCUT2D eigenvalue weighted by atomic mass is 10.2. The summed E-state index contributed by atoms with van der Waals surface area (Å²) >= 11 is 0. The van der Waals surface area contributed by atoms with Crippen molar-refractivity contribution in [2.24, 2.45) is 0 Å². The van der Waals surface area contributed by atoms with Crippen LogP contribution in [0.3, 0.4) is 0 Å². The number of methoxy groups -OCH3 is 1. The van der Waals surface area contributed by atoms with Gasteiger partial charge in [-0.05, 0) is 24.6 Å². The molecule has 0 radical (unpaired) electrons. The first-order chi connectivity index (χ1) is 8.22. The van der Waals surface area contributed by atoms with Crippen LogP contribution >= 0.6 is 0 Å². The molecule has 0 spiro atoms. The maximum Gasteiger partial charge on any atom is 0.119 e. The smallest absolute Gasteiger partial charge is 0.119 e. The van der Waals surface area contributed by atoms with Crippen molar-refractivity contribution in [1.29, 1.82) is 0 Å². The highest BCUT2D eigenvalue weighted by atomic mass is 16.5. The standard InChI is InChI=1S/C13H21NO3/c1-11-4-3-5-13(8-11)17-7-6-14-9-12(15)10-16-2/h3-5,8,12,14-15H,6-7,9-10H2,1-2H3. The Kier molecular flexibility index (Phi) is 6.62. The number of aryl methyl sites for hydroxylation is 1. The molecule has 0 heterocycles. The minimum absolute atomic E-state index is 0.353. The van der Waals surface area contributed by atoms with Gasteiger partial charge in [0.25, 0.3) is 0 Å². The lowest BCUT2D eigenvalue weighted by Crippen LogP contribution is -2.32. The van der Waals surface area contributed by atoms with E-state index in [1.165, 1.54) is 5.56 Å². The van der Waals surface area contributed by atoms with Gasteiger partial charge in [-0.2, -0.15) is 0 Å². The molecule has 1 aromatic carbocycles. The Morgan fingerprint density at radius 1 is 1.41 bits per heavy atom. The van der Waals surface area contributed by atoms with Crippen LogP contribution in [0.4, 0.5) is 0 Å². The summed E-state index contributed by atoms with van der Waals surface area (Å²) in [5.74, 6) is 0.879. The fraction of sp³-hybridized carbons (Fsp3) is 0.538. The van der Waals surface area contributed by atoms with E-state index in [0.29, 0.717) is 26.3 Å². The summed E-state index contributed by atoms with van der Waals surface area (Å²) in [5, 5.41) is 12.5. The molecule has 0 saturated heterocycles. The summed E-state index contributed by atoms with van der Waals surface area (Å²) in [6.07, 6.45) is -0.459. The van der Waals surface area contributed by atoms with Gasteiger partial charge in [0.05, 0.1) is 12.7 Å². The third-order valence-corrected chi connectivity index (χ3v) is 2.28. The molecule has 0 fully saturated rings. The third kappa shape index (κ3) is 6.26. The normalized spacial score (nSPS) is 12.4. The van der Waals surface area contributed by atoms with E-state index >= 15 is 0 Å². The zero-order valence-corrected chi connectivity index (χ0v) is 10.5. The molecule has 0 aliphatic carbocycles. The second-order valence-corrected chi connectivity index (χ2v) is 3.98. The van der Waals surface area contributed by atoms with Gasteiger partial charge in [-0.15, -0.1) is 0 Å². The maximum absolute atomic E-state index is 9.37. The first kappa shape index (κ1) is 14.0. The number of aliphatic hydroxyl groups is 1. The van der Waals surface area contributed by atoms with E-state index < -0.39 is 6.10 Å². The third-order valence-electron chi connectivity index (χ3n) is 2.28. The molecule has 1 rings (SSSR count). The van der Waals surface area contributed by atoms with Crippen LogP contribution in [0.25, 0.3) is 0 Å². The molecule has 0 aromatic heterocycles. The second-order valence-electron chi connectivity index (χ2n) is 3.98. The van der Waals surface area contributed by atoms with Gasteiger partial charge in [-0.1, -0.05) is 12.1 Å². The van der Waals surface area contributed by atoms with Gasteiger partial charge >= 0.3 is 0 Å². The van der Waals surface area contributed by atoms with Crippen molar-refractivity contribution in [2.45, 2.75) is 13.0 Å². The second kappa shape index (κ2) is 8.06. The van der Waals surface area contributed by atoms with Crippen molar-refractivity contribution < 1.29 is 14.6 Å². The topological polar surface area (TPSA) is 50.7 Å². The molecule has 0 amide bonds. The average Bonchev–Trinajstić information content (AvgIpc) is 2.29. The summed E-state index contributed by atoms with van der Waals surface area (Å²) < 4.78 is 10.4. The van der Waals surface area contributed by atoms with Crippen LogP contribution in [0.2, 0.25) is 0 Å². The van der Waals surface area contributed by atoms with Gasteiger partial charge < -0.3 is 19.9 Å². The number of hydrogen-bond acceptors (Lipinski definition) is 4. The molecule has 1 unspecified atom stereocenters. The van der Waals surface area contributed by atoms with Gasteiger partial charge in [0.15, 0.2) is 0 Å². The molecule has 0 saturated carbocycles. The Bertz CT molecular complexity index is 317. The predicted octanol–water partition coefficient (Wildman–Crippen LogP) is 0.971. The van der Waals surface area contributed by atoms with Gasteiger partial charge in [0, 0.05) is 20.2 Å². The molecule has 1 aromatic rings. The Hall–Kier alpha value is -1.10. The molecule has 4 nitrogen and oxygen atoms in total. The maximum atomic E-state index is 9.37. The number of hydrogen-bond donors (Lipinski definition) is 2. The quantitative estimate of drug-likeness (QED) is 0.664.